The average molecular weight is 242 g/mol. The molecule has 0 spiro atoms. The van der Waals surface area contributed by atoms with Gasteiger partial charge in [-0.05, 0) is 36.6 Å². The van der Waals surface area contributed by atoms with Crippen molar-refractivity contribution < 1.29 is 0 Å². The maximum absolute atomic E-state index is 8.71. The molecule has 0 aliphatic carbocycles. The van der Waals surface area contributed by atoms with Gasteiger partial charge in [0.15, 0.2) is 0 Å². The Morgan fingerprint density at radius 3 is 2.56 bits per heavy atom. The SMILES string of the molecule is CN/C=C(C)/C(=C/Cc1ccc(C#N)cc1)NN. The second-order valence-corrected chi connectivity index (χ2v) is 3.89. The Hall–Kier alpha value is -2.25. The Kier molecular flexibility index (Phi) is 5.49. The molecule has 4 N–H and O–H groups in total. The lowest BCUT2D eigenvalue weighted by Gasteiger charge is -2.07. The van der Waals surface area contributed by atoms with E-state index in [1.807, 2.05) is 50.5 Å². The van der Waals surface area contributed by atoms with Gasteiger partial charge in [0.25, 0.3) is 0 Å². The Balaban J connectivity index is 2.77. The average Bonchev–Trinajstić information content (AvgIpc) is 2.40. The fraction of sp³-hybridized carbons (Fsp3) is 0.214. The van der Waals surface area contributed by atoms with Crippen LogP contribution in [0.15, 0.2) is 47.8 Å². The van der Waals surface area contributed by atoms with E-state index in [9.17, 15) is 0 Å². The minimum atomic E-state index is 0.672. The summed E-state index contributed by atoms with van der Waals surface area (Å²) in [5.74, 6) is 5.48. The highest BCUT2D eigenvalue weighted by Gasteiger charge is 1.98. The van der Waals surface area contributed by atoms with E-state index >= 15 is 0 Å². The summed E-state index contributed by atoms with van der Waals surface area (Å²) >= 11 is 0. The molecule has 94 valence electrons. The van der Waals surface area contributed by atoms with Crippen LogP contribution in [-0.4, -0.2) is 7.05 Å². The topological polar surface area (TPSA) is 73.9 Å². The number of hydrogen-bond acceptors (Lipinski definition) is 4. The summed E-state index contributed by atoms with van der Waals surface area (Å²) in [6, 6.07) is 9.62. The molecular weight excluding hydrogens is 224 g/mol. The van der Waals surface area contributed by atoms with Gasteiger partial charge >= 0.3 is 0 Å². The summed E-state index contributed by atoms with van der Waals surface area (Å²) < 4.78 is 0. The minimum Gasteiger partial charge on any atom is -0.394 e. The van der Waals surface area contributed by atoms with Gasteiger partial charge in [-0.2, -0.15) is 5.26 Å². The van der Waals surface area contributed by atoms with E-state index in [2.05, 4.69) is 16.8 Å². The Morgan fingerprint density at radius 1 is 1.39 bits per heavy atom. The smallest absolute Gasteiger partial charge is 0.0991 e. The zero-order chi connectivity index (χ0) is 13.4. The second kappa shape index (κ2) is 7.15. The largest absolute Gasteiger partial charge is 0.394 e. The van der Waals surface area contributed by atoms with Gasteiger partial charge in [0.2, 0.25) is 0 Å². The summed E-state index contributed by atoms with van der Waals surface area (Å²) in [7, 11) is 1.85. The van der Waals surface area contributed by atoms with Crippen molar-refractivity contribution in [2.24, 2.45) is 5.84 Å². The minimum absolute atomic E-state index is 0.672. The van der Waals surface area contributed by atoms with Gasteiger partial charge in [-0.3, -0.25) is 5.84 Å². The lowest BCUT2D eigenvalue weighted by atomic mass is 10.1. The van der Waals surface area contributed by atoms with Crippen molar-refractivity contribution in [1.29, 1.82) is 5.26 Å². The standard InChI is InChI=1S/C14H18N4/c1-11(10-17-2)14(18-16)8-7-12-3-5-13(9-15)6-4-12/h3-6,8,10,17-18H,7,16H2,1-2H3/b11-10+,14-8-. The number of nitriles is 1. The van der Waals surface area contributed by atoms with Crippen LogP contribution >= 0.6 is 0 Å². The summed E-state index contributed by atoms with van der Waals surface area (Å²) in [6.45, 7) is 1.97. The molecule has 0 saturated heterocycles. The molecular formula is C14H18N4. The maximum atomic E-state index is 8.71. The molecule has 1 rings (SSSR count). The summed E-state index contributed by atoms with van der Waals surface area (Å²) in [4.78, 5) is 0. The van der Waals surface area contributed by atoms with E-state index in [0.717, 1.165) is 23.3 Å². The molecule has 0 aliphatic rings. The van der Waals surface area contributed by atoms with E-state index < -0.39 is 0 Å². The summed E-state index contributed by atoms with van der Waals surface area (Å²) in [5.41, 5.74) is 6.41. The van der Waals surface area contributed by atoms with Crippen LogP contribution in [0.3, 0.4) is 0 Å². The van der Waals surface area contributed by atoms with Crippen molar-refractivity contribution in [2.45, 2.75) is 13.3 Å². The molecule has 0 unspecified atom stereocenters. The number of hydrogen-bond donors (Lipinski definition) is 3. The van der Waals surface area contributed by atoms with E-state index in [1.165, 1.54) is 0 Å². The van der Waals surface area contributed by atoms with E-state index in [-0.39, 0.29) is 0 Å². The van der Waals surface area contributed by atoms with Crippen LogP contribution in [-0.2, 0) is 6.42 Å². The predicted molar refractivity (Wildman–Crippen MR) is 73.1 cm³/mol. The molecule has 0 aliphatic heterocycles. The first-order valence-electron chi connectivity index (χ1n) is 5.71. The monoisotopic (exact) mass is 242 g/mol. The second-order valence-electron chi connectivity index (χ2n) is 3.89. The third-order valence-electron chi connectivity index (χ3n) is 2.57. The molecule has 4 heteroatoms. The van der Waals surface area contributed by atoms with Crippen molar-refractivity contribution >= 4 is 0 Å². The molecule has 0 saturated carbocycles. The molecule has 1 aromatic carbocycles. The molecule has 4 nitrogen and oxygen atoms in total. The fourth-order valence-corrected chi connectivity index (χ4v) is 1.56. The molecule has 0 aromatic heterocycles. The van der Waals surface area contributed by atoms with Crippen LogP contribution in [0.5, 0.6) is 0 Å². The molecule has 0 heterocycles. The van der Waals surface area contributed by atoms with E-state index in [0.29, 0.717) is 5.56 Å². The Labute approximate surface area is 108 Å². The van der Waals surface area contributed by atoms with Crippen LogP contribution in [0.1, 0.15) is 18.1 Å². The van der Waals surface area contributed by atoms with Crippen molar-refractivity contribution in [2.75, 3.05) is 7.05 Å². The van der Waals surface area contributed by atoms with Crippen molar-refractivity contribution in [3.8, 4) is 6.07 Å². The maximum Gasteiger partial charge on any atom is 0.0991 e. The Morgan fingerprint density at radius 2 is 2.06 bits per heavy atom. The number of allylic oxidation sites excluding steroid dienone is 2. The van der Waals surface area contributed by atoms with Gasteiger partial charge in [0.05, 0.1) is 11.6 Å². The van der Waals surface area contributed by atoms with Crippen LogP contribution in [0, 0.1) is 11.3 Å². The number of nitrogens with one attached hydrogen (secondary N) is 2. The summed E-state index contributed by atoms with van der Waals surface area (Å²) in [6.07, 6.45) is 4.66. The van der Waals surface area contributed by atoms with Crippen LogP contribution in [0.2, 0.25) is 0 Å². The van der Waals surface area contributed by atoms with E-state index in [4.69, 9.17) is 11.1 Å². The summed E-state index contributed by atoms with van der Waals surface area (Å²) in [5, 5.41) is 11.7. The third kappa shape index (κ3) is 3.96. The molecule has 0 bridgehead atoms. The lowest BCUT2D eigenvalue weighted by molar-refractivity contribution is 0.877. The molecule has 0 fully saturated rings. The zero-order valence-corrected chi connectivity index (χ0v) is 10.7. The highest BCUT2D eigenvalue weighted by Crippen LogP contribution is 2.08. The first-order chi connectivity index (χ1) is 8.71. The molecule has 0 radical (unpaired) electrons. The highest BCUT2D eigenvalue weighted by atomic mass is 15.2. The number of benzene rings is 1. The van der Waals surface area contributed by atoms with Gasteiger partial charge in [0, 0.05) is 18.9 Å². The van der Waals surface area contributed by atoms with Gasteiger partial charge in [-0.15, -0.1) is 0 Å². The first kappa shape index (κ1) is 13.8. The van der Waals surface area contributed by atoms with Gasteiger partial charge in [-0.25, -0.2) is 0 Å². The fourth-order valence-electron chi connectivity index (χ4n) is 1.56. The van der Waals surface area contributed by atoms with Crippen molar-refractivity contribution in [1.82, 2.24) is 10.7 Å². The quantitative estimate of drug-likeness (QED) is 0.416. The third-order valence-corrected chi connectivity index (χ3v) is 2.57. The highest BCUT2D eigenvalue weighted by molar-refractivity contribution is 5.34. The normalized spacial score (nSPS) is 11.9. The molecule has 0 atom stereocenters. The predicted octanol–water partition coefficient (Wildman–Crippen LogP) is 1.57. The van der Waals surface area contributed by atoms with Crippen LogP contribution in [0.4, 0.5) is 0 Å². The zero-order valence-electron chi connectivity index (χ0n) is 10.7. The van der Waals surface area contributed by atoms with Gasteiger partial charge in [0.1, 0.15) is 0 Å². The molecule has 0 amide bonds. The van der Waals surface area contributed by atoms with Gasteiger partial charge < -0.3 is 10.7 Å². The van der Waals surface area contributed by atoms with Crippen molar-refractivity contribution in [3.63, 3.8) is 0 Å². The Bertz CT molecular complexity index is 478. The number of hydrazine groups is 1. The number of rotatable bonds is 5. The van der Waals surface area contributed by atoms with Crippen molar-refractivity contribution in [3.05, 3.63) is 58.9 Å². The number of nitrogens with zero attached hydrogens (tertiary/aromatic N) is 1. The molecule has 18 heavy (non-hydrogen) atoms. The molecule has 1 aromatic rings. The number of nitrogens with two attached hydrogens (primary N) is 1. The van der Waals surface area contributed by atoms with Crippen LogP contribution in [0.25, 0.3) is 0 Å². The van der Waals surface area contributed by atoms with Crippen LogP contribution < -0.4 is 16.6 Å². The van der Waals surface area contributed by atoms with E-state index in [1.54, 1.807) is 0 Å². The van der Waals surface area contributed by atoms with Gasteiger partial charge in [-0.1, -0.05) is 18.2 Å². The first-order valence-corrected chi connectivity index (χ1v) is 5.71. The lowest BCUT2D eigenvalue weighted by Crippen LogP contribution is -2.22.